The molecule has 0 bridgehead atoms. The lowest BCUT2D eigenvalue weighted by molar-refractivity contribution is -0.0842. The maximum atomic E-state index is 6.07. The molecule has 21 heavy (non-hydrogen) atoms. The SMILES string of the molecule is CCC1(N(C)SC(C)(C)C)CC(OCc2ccccc2)C1. The minimum atomic E-state index is 0.271. The molecule has 1 saturated carbocycles. The van der Waals surface area contributed by atoms with E-state index in [-0.39, 0.29) is 4.75 Å². The zero-order valence-electron chi connectivity index (χ0n) is 14.1. The molecule has 1 aliphatic carbocycles. The highest BCUT2D eigenvalue weighted by Gasteiger charge is 2.47. The third kappa shape index (κ3) is 4.48. The van der Waals surface area contributed by atoms with Crippen molar-refractivity contribution in [3.05, 3.63) is 35.9 Å². The Labute approximate surface area is 134 Å². The Balaban J connectivity index is 1.82. The van der Waals surface area contributed by atoms with Crippen LogP contribution in [0.2, 0.25) is 0 Å². The summed E-state index contributed by atoms with van der Waals surface area (Å²) < 4.78 is 8.82. The Hall–Kier alpha value is -0.510. The summed E-state index contributed by atoms with van der Waals surface area (Å²) in [6.07, 6.45) is 3.90. The van der Waals surface area contributed by atoms with Crippen LogP contribution in [0.25, 0.3) is 0 Å². The van der Waals surface area contributed by atoms with Crippen molar-refractivity contribution >= 4 is 11.9 Å². The van der Waals surface area contributed by atoms with Crippen LogP contribution in [0.3, 0.4) is 0 Å². The van der Waals surface area contributed by atoms with E-state index < -0.39 is 0 Å². The standard InChI is InChI=1S/C18H29NOS/c1-6-18(19(5)21-17(2,3)4)12-16(13-18)20-14-15-10-8-7-9-11-15/h7-11,16H,6,12-14H2,1-5H3. The van der Waals surface area contributed by atoms with Crippen molar-refractivity contribution in [3.8, 4) is 0 Å². The molecule has 1 aromatic rings. The van der Waals surface area contributed by atoms with Crippen LogP contribution < -0.4 is 0 Å². The van der Waals surface area contributed by atoms with Crippen molar-refractivity contribution in [2.75, 3.05) is 7.05 Å². The van der Waals surface area contributed by atoms with Gasteiger partial charge in [-0.15, -0.1) is 0 Å². The quantitative estimate of drug-likeness (QED) is 0.694. The second-order valence-corrected chi connectivity index (χ2v) is 9.06. The molecule has 0 heterocycles. The molecule has 3 heteroatoms. The monoisotopic (exact) mass is 307 g/mol. The Morgan fingerprint density at radius 2 is 1.86 bits per heavy atom. The molecule has 1 aliphatic rings. The molecule has 118 valence electrons. The summed E-state index contributed by atoms with van der Waals surface area (Å²) in [5.74, 6) is 0. The van der Waals surface area contributed by atoms with E-state index in [1.54, 1.807) is 0 Å². The number of nitrogens with zero attached hydrogens (tertiary/aromatic N) is 1. The van der Waals surface area contributed by atoms with Crippen molar-refractivity contribution < 1.29 is 4.74 Å². The van der Waals surface area contributed by atoms with Crippen LogP contribution in [-0.2, 0) is 11.3 Å². The van der Waals surface area contributed by atoms with E-state index in [1.165, 1.54) is 12.0 Å². The van der Waals surface area contributed by atoms with Gasteiger partial charge in [0.1, 0.15) is 0 Å². The number of rotatable bonds is 6. The Morgan fingerprint density at radius 3 is 2.38 bits per heavy atom. The molecule has 0 spiro atoms. The number of hydrogen-bond acceptors (Lipinski definition) is 3. The zero-order valence-corrected chi connectivity index (χ0v) is 14.9. The second-order valence-electron chi connectivity index (χ2n) is 7.11. The fourth-order valence-electron chi connectivity index (χ4n) is 2.97. The van der Waals surface area contributed by atoms with Crippen molar-refractivity contribution in [1.82, 2.24) is 4.31 Å². The van der Waals surface area contributed by atoms with Gasteiger partial charge in [-0.2, -0.15) is 0 Å². The number of ether oxygens (including phenoxy) is 1. The topological polar surface area (TPSA) is 12.5 Å². The molecule has 0 amide bonds. The first-order chi connectivity index (χ1) is 9.85. The largest absolute Gasteiger partial charge is 0.373 e. The van der Waals surface area contributed by atoms with E-state index in [1.807, 2.05) is 18.0 Å². The van der Waals surface area contributed by atoms with Gasteiger partial charge in [0, 0.05) is 10.3 Å². The third-order valence-corrected chi connectivity index (χ3v) is 5.49. The fourth-order valence-corrected chi connectivity index (χ4v) is 4.26. The predicted molar refractivity (Wildman–Crippen MR) is 92.4 cm³/mol. The first kappa shape index (κ1) is 16.9. The molecular weight excluding hydrogens is 278 g/mol. The molecule has 0 radical (unpaired) electrons. The molecule has 0 aromatic heterocycles. The van der Waals surface area contributed by atoms with Crippen molar-refractivity contribution in [2.45, 2.75) is 70.0 Å². The first-order valence-electron chi connectivity index (χ1n) is 7.93. The van der Waals surface area contributed by atoms with Gasteiger partial charge in [-0.25, -0.2) is 4.31 Å². The lowest BCUT2D eigenvalue weighted by Crippen LogP contribution is -2.56. The van der Waals surface area contributed by atoms with Crippen LogP contribution in [0.1, 0.15) is 52.5 Å². The van der Waals surface area contributed by atoms with Crippen LogP contribution in [0.4, 0.5) is 0 Å². The van der Waals surface area contributed by atoms with Gasteiger partial charge in [-0.3, -0.25) is 0 Å². The van der Waals surface area contributed by atoms with Gasteiger partial charge < -0.3 is 4.74 Å². The molecule has 0 N–H and O–H groups in total. The third-order valence-electron chi connectivity index (χ3n) is 4.28. The Morgan fingerprint density at radius 1 is 1.24 bits per heavy atom. The van der Waals surface area contributed by atoms with Gasteiger partial charge in [0.05, 0.1) is 12.7 Å². The predicted octanol–water partition coefficient (Wildman–Crippen LogP) is 4.89. The molecule has 2 rings (SSSR count). The molecule has 1 aromatic carbocycles. The minimum Gasteiger partial charge on any atom is -0.373 e. The van der Waals surface area contributed by atoms with Crippen LogP contribution in [0.5, 0.6) is 0 Å². The van der Waals surface area contributed by atoms with E-state index in [4.69, 9.17) is 4.74 Å². The van der Waals surface area contributed by atoms with Gasteiger partial charge >= 0.3 is 0 Å². The Kier molecular flexibility index (Phi) is 5.39. The maximum Gasteiger partial charge on any atom is 0.0720 e. The summed E-state index contributed by atoms with van der Waals surface area (Å²) in [6.45, 7) is 9.87. The summed E-state index contributed by atoms with van der Waals surface area (Å²) >= 11 is 1.96. The van der Waals surface area contributed by atoms with E-state index >= 15 is 0 Å². The van der Waals surface area contributed by atoms with Gasteiger partial charge in [0.15, 0.2) is 0 Å². The van der Waals surface area contributed by atoms with Gasteiger partial charge in [-0.05, 0) is 52.6 Å². The smallest absolute Gasteiger partial charge is 0.0720 e. The van der Waals surface area contributed by atoms with Crippen LogP contribution in [-0.4, -0.2) is 27.7 Å². The summed E-state index contributed by atoms with van der Waals surface area (Å²) in [6, 6.07) is 10.5. The molecule has 0 unspecified atom stereocenters. The number of hydrogen-bond donors (Lipinski definition) is 0. The van der Waals surface area contributed by atoms with Gasteiger partial charge in [0.25, 0.3) is 0 Å². The molecule has 1 fully saturated rings. The number of benzene rings is 1. The molecular formula is C18H29NOS. The molecule has 0 saturated heterocycles. The second kappa shape index (κ2) is 6.72. The van der Waals surface area contributed by atoms with E-state index in [2.05, 4.69) is 63.3 Å². The van der Waals surface area contributed by atoms with Crippen LogP contribution in [0.15, 0.2) is 30.3 Å². The van der Waals surface area contributed by atoms with E-state index in [0.29, 0.717) is 11.6 Å². The summed E-state index contributed by atoms with van der Waals surface area (Å²) in [7, 11) is 2.24. The summed E-state index contributed by atoms with van der Waals surface area (Å²) in [4.78, 5) is 0. The lowest BCUT2D eigenvalue weighted by Gasteiger charge is -2.53. The van der Waals surface area contributed by atoms with Gasteiger partial charge in [0.2, 0.25) is 0 Å². The zero-order chi connectivity index (χ0) is 15.5. The van der Waals surface area contributed by atoms with E-state index in [9.17, 15) is 0 Å². The fraction of sp³-hybridized carbons (Fsp3) is 0.667. The molecule has 0 atom stereocenters. The minimum absolute atomic E-state index is 0.271. The molecule has 0 aliphatic heterocycles. The Bertz CT molecular complexity index is 434. The van der Waals surface area contributed by atoms with Crippen molar-refractivity contribution in [2.24, 2.45) is 0 Å². The first-order valence-corrected chi connectivity index (χ1v) is 8.70. The summed E-state index contributed by atoms with van der Waals surface area (Å²) in [5, 5.41) is 0. The van der Waals surface area contributed by atoms with Crippen LogP contribution >= 0.6 is 11.9 Å². The van der Waals surface area contributed by atoms with Crippen molar-refractivity contribution in [3.63, 3.8) is 0 Å². The normalized spacial score (nSPS) is 25.9. The highest BCUT2D eigenvalue weighted by Crippen LogP contribution is 2.46. The molecule has 2 nitrogen and oxygen atoms in total. The lowest BCUT2D eigenvalue weighted by atomic mass is 9.72. The van der Waals surface area contributed by atoms with Crippen LogP contribution in [0, 0.1) is 0 Å². The van der Waals surface area contributed by atoms with E-state index in [0.717, 1.165) is 19.4 Å². The maximum absolute atomic E-state index is 6.07. The average Bonchev–Trinajstić information content (AvgIpc) is 2.36. The average molecular weight is 308 g/mol. The van der Waals surface area contributed by atoms with Crippen molar-refractivity contribution in [1.29, 1.82) is 0 Å². The van der Waals surface area contributed by atoms with Gasteiger partial charge in [-0.1, -0.05) is 49.2 Å². The highest BCUT2D eigenvalue weighted by molar-refractivity contribution is 7.98. The highest BCUT2D eigenvalue weighted by atomic mass is 32.2. The summed E-state index contributed by atoms with van der Waals surface area (Å²) in [5.41, 5.74) is 1.59.